The Balaban J connectivity index is 3.24. The average molecular weight is 283 g/mol. The number of nitrogens with zero attached hydrogens (tertiary/aromatic N) is 1. The van der Waals surface area contributed by atoms with Gasteiger partial charge in [0.25, 0.3) is 5.88 Å². The minimum Gasteiger partial charge on any atom is -0.502 e. The van der Waals surface area contributed by atoms with Crippen LogP contribution in [-0.2, 0) is 0 Å². The summed E-state index contributed by atoms with van der Waals surface area (Å²) in [4.78, 5) is 3.87. The molecule has 60 valence electrons. The molecule has 1 aromatic rings. The lowest BCUT2D eigenvalue weighted by molar-refractivity contribution is 0.356. The molecule has 1 rings (SSSR count). The molecule has 5 heteroatoms. The third kappa shape index (κ3) is 1.84. The molecule has 0 aliphatic rings. The number of halogens is 2. The molecule has 0 saturated heterocycles. The number of hydrogen-bond acceptors (Lipinski definition) is 3. The monoisotopic (exact) mass is 281 g/mol. The van der Waals surface area contributed by atoms with Crippen LogP contribution in [0.5, 0.6) is 11.6 Å². The predicted octanol–water partition coefficient (Wildman–Crippen LogP) is 2.32. The van der Waals surface area contributed by atoms with Gasteiger partial charge >= 0.3 is 0 Å². The maximum atomic E-state index is 9.27. The number of rotatable bonds is 1. The first-order valence-corrected chi connectivity index (χ1v) is 4.32. The second-order valence-corrected chi connectivity index (χ2v) is 3.45. The summed E-state index contributed by atoms with van der Waals surface area (Å²) in [5.74, 6) is 0.210. The summed E-state index contributed by atoms with van der Waals surface area (Å²) in [6.07, 6.45) is 0. The van der Waals surface area contributed by atoms with Crippen molar-refractivity contribution in [2.45, 2.75) is 0 Å². The van der Waals surface area contributed by atoms with E-state index in [0.717, 1.165) is 0 Å². The first kappa shape index (κ1) is 8.80. The van der Waals surface area contributed by atoms with Crippen LogP contribution >= 0.6 is 31.9 Å². The second-order valence-electron chi connectivity index (χ2n) is 1.78. The molecule has 0 radical (unpaired) electrons. The normalized spacial score (nSPS) is 9.73. The molecular formula is C6H5Br2NO2. The Bertz CT molecular complexity index is 278. The fourth-order valence-electron chi connectivity index (χ4n) is 0.600. The van der Waals surface area contributed by atoms with Gasteiger partial charge in [-0.1, -0.05) is 0 Å². The quantitative estimate of drug-likeness (QED) is 0.804. The first-order valence-electron chi connectivity index (χ1n) is 2.74. The lowest BCUT2D eigenvalue weighted by Crippen LogP contribution is -1.88. The summed E-state index contributed by atoms with van der Waals surface area (Å²) in [7, 11) is 1.45. The first-order chi connectivity index (χ1) is 5.15. The van der Waals surface area contributed by atoms with E-state index in [0.29, 0.717) is 9.08 Å². The van der Waals surface area contributed by atoms with Gasteiger partial charge in [0.1, 0.15) is 4.60 Å². The highest BCUT2D eigenvalue weighted by Gasteiger charge is 2.08. The van der Waals surface area contributed by atoms with Gasteiger partial charge in [0.05, 0.1) is 11.6 Å². The maximum absolute atomic E-state index is 9.27. The van der Waals surface area contributed by atoms with Gasteiger partial charge in [-0.15, -0.1) is 0 Å². The smallest absolute Gasteiger partial charge is 0.258 e. The average Bonchev–Trinajstić information content (AvgIpc) is 1.96. The molecule has 1 N–H and O–H groups in total. The highest BCUT2D eigenvalue weighted by molar-refractivity contribution is 9.11. The summed E-state index contributed by atoms with van der Waals surface area (Å²) in [5.41, 5.74) is 0. The molecule has 11 heavy (non-hydrogen) atoms. The zero-order valence-corrected chi connectivity index (χ0v) is 8.81. The van der Waals surface area contributed by atoms with Crippen LogP contribution in [0, 0.1) is 0 Å². The van der Waals surface area contributed by atoms with Gasteiger partial charge in [-0.2, -0.15) is 0 Å². The van der Waals surface area contributed by atoms with Crippen LogP contribution in [0.1, 0.15) is 0 Å². The Morgan fingerprint density at radius 1 is 1.55 bits per heavy atom. The van der Waals surface area contributed by atoms with Gasteiger partial charge in [-0.3, -0.25) is 0 Å². The molecule has 0 aromatic carbocycles. The van der Waals surface area contributed by atoms with Crippen molar-refractivity contribution in [3.8, 4) is 11.6 Å². The van der Waals surface area contributed by atoms with Gasteiger partial charge in [-0.25, -0.2) is 4.98 Å². The van der Waals surface area contributed by atoms with Crippen LogP contribution in [0.25, 0.3) is 0 Å². The van der Waals surface area contributed by atoms with Gasteiger partial charge < -0.3 is 9.84 Å². The van der Waals surface area contributed by atoms with E-state index < -0.39 is 0 Å². The topological polar surface area (TPSA) is 42.4 Å². The number of pyridine rings is 1. The molecule has 0 unspecified atom stereocenters. The summed E-state index contributed by atoms with van der Waals surface area (Å²) in [6.45, 7) is 0. The Hall–Kier alpha value is -0.290. The van der Waals surface area contributed by atoms with Crippen molar-refractivity contribution in [3.05, 3.63) is 15.1 Å². The van der Waals surface area contributed by atoms with E-state index in [1.54, 1.807) is 6.07 Å². The van der Waals surface area contributed by atoms with Crippen LogP contribution in [0.4, 0.5) is 0 Å². The molecule has 0 amide bonds. The number of hydrogen-bond donors (Lipinski definition) is 1. The summed E-state index contributed by atoms with van der Waals surface area (Å²) >= 11 is 6.29. The third-order valence-electron chi connectivity index (χ3n) is 1.08. The van der Waals surface area contributed by atoms with Crippen LogP contribution in [0.3, 0.4) is 0 Å². The molecule has 0 aliphatic carbocycles. The lowest BCUT2D eigenvalue weighted by atomic mass is 10.4. The highest BCUT2D eigenvalue weighted by Crippen LogP contribution is 2.33. The molecule has 0 saturated carbocycles. The van der Waals surface area contributed by atoms with Gasteiger partial charge in [0.15, 0.2) is 5.75 Å². The van der Waals surface area contributed by atoms with Gasteiger partial charge in [0, 0.05) is 0 Å². The van der Waals surface area contributed by atoms with E-state index in [-0.39, 0.29) is 11.6 Å². The van der Waals surface area contributed by atoms with E-state index in [4.69, 9.17) is 4.74 Å². The van der Waals surface area contributed by atoms with Crippen molar-refractivity contribution < 1.29 is 9.84 Å². The molecule has 3 nitrogen and oxygen atoms in total. The SMILES string of the molecule is COc1nc(Br)cc(Br)c1O. The maximum Gasteiger partial charge on any atom is 0.258 e. The molecule has 0 aliphatic heterocycles. The van der Waals surface area contributed by atoms with E-state index in [1.807, 2.05) is 0 Å². The molecular weight excluding hydrogens is 278 g/mol. The Kier molecular flexibility index (Phi) is 2.72. The number of methoxy groups -OCH3 is 1. The third-order valence-corrected chi connectivity index (χ3v) is 2.09. The molecule has 0 atom stereocenters. The van der Waals surface area contributed by atoms with Crippen molar-refractivity contribution in [2.24, 2.45) is 0 Å². The van der Waals surface area contributed by atoms with Crippen molar-refractivity contribution in [1.29, 1.82) is 0 Å². The lowest BCUT2D eigenvalue weighted by Gasteiger charge is -2.03. The largest absolute Gasteiger partial charge is 0.502 e. The van der Waals surface area contributed by atoms with Crippen molar-refractivity contribution in [3.63, 3.8) is 0 Å². The summed E-state index contributed by atoms with van der Waals surface area (Å²) in [6, 6.07) is 1.64. The molecule has 0 spiro atoms. The summed E-state index contributed by atoms with van der Waals surface area (Å²) < 4.78 is 5.95. The fraction of sp³-hybridized carbons (Fsp3) is 0.167. The molecule has 1 heterocycles. The Labute approximate surface area is 80.7 Å². The van der Waals surface area contributed by atoms with Crippen molar-refractivity contribution >= 4 is 31.9 Å². The van der Waals surface area contributed by atoms with Crippen LogP contribution in [0.15, 0.2) is 15.1 Å². The van der Waals surface area contributed by atoms with E-state index in [2.05, 4.69) is 36.8 Å². The number of ether oxygens (including phenoxy) is 1. The minimum atomic E-state index is 0.00991. The Morgan fingerprint density at radius 2 is 2.18 bits per heavy atom. The minimum absolute atomic E-state index is 0.00991. The highest BCUT2D eigenvalue weighted by atomic mass is 79.9. The Morgan fingerprint density at radius 3 is 2.73 bits per heavy atom. The van der Waals surface area contributed by atoms with Crippen molar-refractivity contribution in [1.82, 2.24) is 4.98 Å². The molecule has 0 fully saturated rings. The molecule has 1 aromatic heterocycles. The summed E-state index contributed by atoms with van der Waals surface area (Å²) in [5, 5.41) is 9.27. The van der Waals surface area contributed by atoms with Gasteiger partial charge in [0.2, 0.25) is 0 Å². The van der Waals surface area contributed by atoms with Gasteiger partial charge in [-0.05, 0) is 37.9 Å². The zero-order valence-electron chi connectivity index (χ0n) is 5.64. The van der Waals surface area contributed by atoms with Crippen molar-refractivity contribution in [2.75, 3.05) is 7.11 Å². The van der Waals surface area contributed by atoms with Crippen LogP contribution in [0.2, 0.25) is 0 Å². The van der Waals surface area contributed by atoms with E-state index in [9.17, 15) is 5.11 Å². The number of aromatic hydroxyl groups is 1. The number of aromatic nitrogens is 1. The standard InChI is InChI=1S/C6H5Br2NO2/c1-11-6-5(10)3(7)2-4(8)9-6/h2,10H,1H3. The van der Waals surface area contributed by atoms with Crippen LogP contribution in [-0.4, -0.2) is 17.2 Å². The second kappa shape index (κ2) is 3.40. The fourth-order valence-corrected chi connectivity index (χ4v) is 1.68. The predicted molar refractivity (Wildman–Crippen MR) is 47.9 cm³/mol. The van der Waals surface area contributed by atoms with Crippen LogP contribution < -0.4 is 4.74 Å². The molecule has 0 bridgehead atoms. The van der Waals surface area contributed by atoms with E-state index in [1.165, 1.54) is 7.11 Å². The van der Waals surface area contributed by atoms with E-state index >= 15 is 0 Å². The zero-order chi connectivity index (χ0) is 8.43.